The zero-order valence-electron chi connectivity index (χ0n) is 11.3. The second kappa shape index (κ2) is 8.86. The molecule has 0 heterocycles. The van der Waals surface area contributed by atoms with Crippen molar-refractivity contribution in [3.63, 3.8) is 0 Å². The number of nitrogens with zero attached hydrogens (tertiary/aromatic N) is 1. The number of likely N-dealkylation sites (N-methyl/N-ethyl adjacent to an activating group) is 1. The molecule has 0 aromatic carbocycles. The van der Waals surface area contributed by atoms with Gasteiger partial charge in [0.1, 0.15) is 0 Å². The van der Waals surface area contributed by atoms with Gasteiger partial charge in [-0.05, 0) is 19.9 Å². The van der Waals surface area contributed by atoms with Crippen molar-refractivity contribution < 1.29 is 9.84 Å². The molecule has 0 radical (unpaired) electrons. The van der Waals surface area contributed by atoms with E-state index in [1.54, 1.807) is 7.11 Å². The fourth-order valence-electron chi connectivity index (χ4n) is 2.51. The third-order valence-electron chi connectivity index (χ3n) is 3.56. The summed E-state index contributed by atoms with van der Waals surface area (Å²) in [7, 11) is 3.82. The van der Waals surface area contributed by atoms with Gasteiger partial charge in [-0.25, -0.2) is 0 Å². The maximum absolute atomic E-state index is 9.90. The van der Waals surface area contributed by atoms with Crippen molar-refractivity contribution in [2.75, 3.05) is 40.4 Å². The number of aliphatic hydroxyl groups is 1. The Labute approximate surface area is 105 Å². The molecule has 0 spiro atoms. The summed E-state index contributed by atoms with van der Waals surface area (Å²) in [5.41, 5.74) is 0. The summed E-state index contributed by atoms with van der Waals surface area (Å²) in [4.78, 5) is 2.32. The zero-order chi connectivity index (χ0) is 12.5. The summed E-state index contributed by atoms with van der Waals surface area (Å²) < 4.78 is 4.95. The zero-order valence-corrected chi connectivity index (χ0v) is 11.3. The lowest BCUT2D eigenvalue weighted by Crippen LogP contribution is -2.42. The first-order valence-electron chi connectivity index (χ1n) is 6.82. The number of rotatable bonds is 8. The summed E-state index contributed by atoms with van der Waals surface area (Å²) in [5.74, 6) is 0. The van der Waals surface area contributed by atoms with Crippen molar-refractivity contribution in [1.82, 2.24) is 10.2 Å². The molecule has 2 N–H and O–H groups in total. The van der Waals surface area contributed by atoms with Crippen molar-refractivity contribution in [3.8, 4) is 0 Å². The van der Waals surface area contributed by atoms with Crippen LogP contribution in [0.3, 0.4) is 0 Å². The molecule has 102 valence electrons. The molecule has 1 atom stereocenters. The molecule has 1 unspecified atom stereocenters. The third-order valence-corrected chi connectivity index (χ3v) is 3.56. The van der Waals surface area contributed by atoms with Gasteiger partial charge in [-0.2, -0.15) is 0 Å². The van der Waals surface area contributed by atoms with Gasteiger partial charge in [0.15, 0.2) is 0 Å². The monoisotopic (exact) mass is 244 g/mol. The van der Waals surface area contributed by atoms with Gasteiger partial charge in [0.2, 0.25) is 0 Å². The van der Waals surface area contributed by atoms with E-state index in [0.29, 0.717) is 19.2 Å². The first-order chi connectivity index (χ1) is 8.24. The van der Waals surface area contributed by atoms with Gasteiger partial charge in [0.25, 0.3) is 0 Å². The minimum absolute atomic E-state index is 0.279. The Morgan fingerprint density at radius 1 is 1.35 bits per heavy atom. The fraction of sp³-hybridized carbons (Fsp3) is 1.00. The molecule has 4 nitrogen and oxygen atoms in total. The Bertz CT molecular complexity index is 184. The number of aliphatic hydroxyl groups excluding tert-OH is 1. The van der Waals surface area contributed by atoms with E-state index in [0.717, 1.165) is 13.1 Å². The van der Waals surface area contributed by atoms with Crippen LogP contribution in [0.5, 0.6) is 0 Å². The highest BCUT2D eigenvalue weighted by Crippen LogP contribution is 2.21. The molecular formula is C13H28N2O2. The molecule has 1 aliphatic rings. The molecule has 17 heavy (non-hydrogen) atoms. The largest absolute Gasteiger partial charge is 0.390 e. The van der Waals surface area contributed by atoms with Gasteiger partial charge in [-0.1, -0.05) is 19.3 Å². The van der Waals surface area contributed by atoms with Gasteiger partial charge in [-0.15, -0.1) is 0 Å². The Kier molecular flexibility index (Phi) is 7.77. The quantitative estimate of drug-likeness (QED) is 0.621. The highest BCUT2D eigenvalue weighted by Gasteiger charge is 2.19. The van der Waals surface area contributed by atoms with Crippen LogP contribution >= 0.6 is 0 Å². The van der Waals surface area contributed by atoms with Crippen LogP contribution in [-0.2, 0) is 4.74 Å². The predicted octanol–water partition coefficient (Wildman–Crippen LogP) is 0.848. The molecule has 4 heteroatoms. The first kappa shape index (κ1) is 14.9. The fourth-order valence-corrected chi connectivity index (χ4v) is 2.51. The lowest BCUT2D eigenvalue weighted by molar-refractivity contribution is 0.0889. The summed E-state index contributed by atoms with van der Waals surface area (Å²) >= 11 is 0. The van der Waals surface area contributed by atoms with Crippen molar-refractivity contribution in [2.45, 2.75) is 44.2 Å². The minimum Gasteiger partial charge on any atom is -0.390 e. The SMILES string of the molecule is COCCNCC(O)CN(C)C1CCCCC1. The maximum Gasteiger partial charge on any atom is 0.0791 e. The molecule has 1 rings (SSSR count). The van der Waals surface area contributed by atoms with E-state index in [2.05, 4.69) is 17.3 Å². The van der Waals surface area contributed by atoms with Crippen LogP contribution in [-0.4, -0.2) is 62.6 Å². The molecule has 1 fully saturated rings. The Morgan fingerprint density at radius 3 is 2.71 bits per heavy atom. The summed E-state index contributed by atoms with van der Waals surface area (Å²) in [5, 5.41) is 13.1. The van der Waals surface area contributed by atoms with Crippen molar-refractivity contribution >= 4 is 0 Å². The first-order valence-corrected chi connectivity index (χ1v) is 6.82. The van der Waals surface area contributed by atoms with E-state index in [1.165, 1.54) is 32.1 Å². The van der Waals surface area contributed by atoms with Gasteiger partial charge in [0, 0.05) is 32.8 Å². The van der Waals surface area contributed by atoms with E-state index in [1.807, 2.05) is 0 Å². The topological polar surface area (TPSA) is 44.7 Å². The van der Waals surface area contributed by atoms with E-state index >= 15 is 0 Å². The summed E-state index contributed by atoms with van der Waals surface area (Å²) in [6.07, 6.45) is 6.37. The van der Waals surface area contributed by atoms with Crippen LogP contribution in [0.4, 0.5) is 0 Å². The van der Waals surface area contributed by atoms with E-state index in [4.69, 9.17) is 4.74 Å². The maximum atomic E-state index is 9.90. The van der Waals surface area contributed by atoms with E-state index < -0.39 is 0 Å². The smallest absolute Gasteiger partial charge is 0.0791 e. The molecule has 0 aromatic rings. The Hall–Kier alpha value is -0.160. The highest BCUT2D eigenvalue weighted by molar-refractivity contribution is 4.75. The Balaban J connectivity index is 2.09. The molecule has 0 bridgehead atoms. The molecule has 0 aromatic heterocycles. The van der Waals surface area contributed by atoms with Gasteiger partial charge >= 0.3 is 0 Å². The number of nitrogens with one attached hydrogen (secondary N) is 1. The van der Waals surface area contributed by atoms with Crippen LogP contribution in [0.2, 0.25) is 0 Å². The van der Waals surface area contributed by atoms with Gasteiger partial charge in [-0.3, -0.25) is 0 Å². The summed E-state index contributed by atoms with van der Waals surface area (Å²) in [6, 6.07) is 0.678. The number of methoxy groups -OCH3 is 1. The van der Waals surface area contributed by atoms with Crippen LogP contribution < -0.4 is 5.32 Å². The molecule has 1 saturated carbocycles. The minimum atomic E-state index is -0.279. The van der Waals surface area contributed by atoms with E-state index in [-0.39, 0.29) is 6.10 Å². The lowest BCUT2D eigenvalue weighted by Gasteiger charge is -2.32. The highest BCUT2D eigenvalue weighted by atomic mass is 16.5. The van der Waals surface area contributed by atoms with Gasteiger partial charge < -0.3 is 20.1 Å². The van der Waals surface area contributed by atoms with Gasteiger partial charge in [0.05, 0.1) is 12.7 Å². The lowest BCUT2D eigenvalue weighted by atomic mass is 9.94. The number of ether oxygens (including phenoxy) is 1. The molecule has 1 aliphatic carbocycles. The predicted molar refractivity (Wildman–Crippen MR) is 70.3 cm³/mol. The number of hydrogen-bond donors (Lipinski definition) is 2. The van der Waals surface area contributed by atoms with E-state index in [9.17, 15) is 5.11 Å². The van der Waals surface area contributed by atoms with Crippen LogP contribution in [0.1, 0.15) is 32.1 Å². The standard InChI is InChI=1S/C13H28N2O2/c1-15(12-6-4-3-5-7-12)11-13(16)10-14-8-9-17-2/h12-14,16H,3-11H2,1-2H3. The molecule has 0 saturated heterocycles. The second-order valence-electron chi connectivity index (χ2n) is 5.08. The van der Waals surface area contributed by atoms with Crippen LogP contribution in [0.25, 0.3) is 0 Å². The molecule has 0 amide bonds. The molecule has 0 aliphatic heterocycles. The third kappa shape index (κ3) is 6.36. The van der Waals surface area contributed by atoms with Crippen molar-refractivity contribution in [3.05, 3.63) is 0 Å². The van der Waals surface area contributed by atoms with Crippen LogP contribution in [0.15, 0.2) is 0 Å². The summed E-state index contributed by atoms with van der Waals surface area (Å²) in [6.45, 7) is 2.93. The average molecular weight is 244 g/mol. The second-order valence-corrected chi connectivity index (χ2v) is 5.08. The van der Waals surface area contributed by atoms with Crippen molar-refractivity contribution in [1.29, 1.82) is 0 Å². The Morgan fingerprint density at radius 2 is 2.06 bits per heavy atom. The number of hydrogen-bond acceptors (Lipinski definition) is 4. The van der Waals surface area contributed by atoms with Crippen molar-refractivity contribution in [2.24, 2.45) is 0 Å². The van der Waals surface area contributed by atoms with Crippen LogP contribution in [0, 0.1) is 0 Å². The average Bonchev–Trinajstić information content (AvgIpc) is 2.36. The normalized spacial score (nSPS) is 19.8. The molecular weight excluding hydrogens is 216 g/mol.